The van der Waals surface area contributed by atoms with Crippen LogP contribution in [0.2, 0.25) is 0 Å². The number of rotatable bonds is 6. The maximum Gasteiger partial charge on any atom is 0.191 e. The molecule has 122 valence electrons. The van der Waals surface area contributed by atoms with Gasteiger partial charge in [-0.1, -0.05) is 37.2 Å². The second-order valence-electron chi connectivity index (χ2n) is 5.45. The van der Waals surface area contributed by atoms with E-state index >= 15 is 0 Å². The predicted octanol–water partition coefficient (Wildman–Crippen LogP) is 3.22. The lowest BCUT2D eigenvalue weighted by atomic mass is 10.1. The Bertz CT molecular complexity index is 896. The highest BCUT2D eigenvalue weighted by atomic mass is 32.2. The zero-order chi connectivity index (χ0) is 16.9. The van der Waals surface area contributed by atoms with Crippen LogP contribution in [0.5, 0.6) is 0 Å². The molecule has 3 rings (SSSR count). The van der Waals surface area contributed by atoms with Gasteiger partial charge < -0.3 is 10.3 Å². The van der Waals surface area contributed by atoms with Crippen molar-refractivity contribution in [2.24, 2.45) is 0 Å². The van der Waals surface area contributed by atoms with Gasteiger partial charge in [0.05, 0.1) is 24.5 Å². The normalized spacial score (nSPS) is 10.8. The Morgan fingerprint density at radius 3 is 3.00 bits per heavy atom. The van der Waals surface area contributed by atoms with E-state index < -0.39 is 0 Å². The zero-order valence-corrected chi connectivity index (χ0v) is 14.3. The monoisotopic (exact) mass is 338 g/mol. The van der Waals surface area contributed by atoms with Gasteiger partial charge in [-0.3, -0.25) is 0 Å². The number of benzene rings is 1. The molecule has 0 unspecified atom stereocenters. The van der Waals surface area contributed by atoms with Gasteiger partial charge >= 0.3 is 0 Å². The first-order valence-electron chi connectivity index (χ1n) is 7.81. The average Bonchev–Trinajstić information content (AvgIpc) is 2.99. The minimum atomic E-state index is 0.406. The van der Waals surface area contributed by atoms with E-state index in [1.807, 2.05) is 22.8 Å². The summed E-state index contributed by atoms with van der Waals surface area (Å²) in [5.41, 5.74) is 9.03. The fraction of sp³-hybridized carbons (Fsp3) is 0.294. The van der Waals surface area contributed by atoms with Gasteiger partial charge in [0.1, 0.15) is 5.52 Å². The number of fused-ring (bicyclic) bond motifs is 1. The number of unbranched alkanes of at least 4 members (excludes halogenated alkanes) is 1. The summed E-state index contributed by atoms with van der Waals surface area (Å²) in [6.07, 6.45) is 3.97. The Morgan fingerprint density at radius 2 is 2.21 bits per heavy atom. The van der Waals surface area contributed by atoms with Crippen LogP contribution >= 0.6 is 11.8 Å². The molecule has 0 bridgehead atoms. The lowest BCUT2D eigenvalue weighted by molar-refractivity contribution is 0.804. The summed E-state index contributed by atoms with van der Waals surface area (Å²) in [6, 6.07) is 9.67. The molecule has 0 amide bonds. The van der Waals surface area contributed by atoms with Crippen molar-refractivity contribution in [3.8, 4) is 6.07 Å². The molecule has 2 aromatic heterocycles. The van der Waals surface area contributed by atoms with Crippen LogP contribution < -0.4 is 5.73 Å². The summed E-state index contributed by atoms with van der Waals surface area (Å²) < 4.78 is 1.94. The topological polar surface area (TPSA) is 93.4 Å². The number of nitrogens with zero attached hydrogens (tertiary/aromatic N) is 5. The van der Waals surface area contributed by atoms with Gasteiger partial charge in [0, 0.05) is 5.75 Å². The van der Waals surface area contributed by atoms with Gasteiger partial charge in [-0.25, -0.2) is 15.0 Å². The number of nitrogens with two attached hydrogens (primary N) is 1. The molecule has 6 nitrogen and oxygen atoms in total. The van der Waals surface area contributed by atoms with Crippen LogP contribution in [0, 0.1) is 11.3 Å². The molecule has 0 saturated carbocycles. The van der Waals surface area contributed by atoms with E-state index in [1.165, 1.54) is 0 Å². The Hall–Kier alpha value is -2.59. The smallest absolute Gasteiger partial charge is 0.191 e. The van der Waals surface area contributed by atoms with Crippen molar-refractivity contribution in [3.63, 3.8) is 0 Å². The maximum absolute atomic E-state index is 9.03. The summed E-state index contributed by atoms with van der Waals surface area (Å²) >= 11 is 1.61. The average molecular weight is 338 g/mol. The number of hydrogen-bond donors (Lipinski definition) is 1. The van der Waals surface area contributed by atoms with Gasteiger partial charge in [-0.05, 0) is 24.1 Å². The van der Waals surface area contributed by atoms with Crippen molar-refractivity contribution in [1.82, 2.24) is 19.5 Å². The minimum absolute atomic E-state index is 0.406. The summed E-state index contributed by atoms with van der Waals surface area (Å²) in [4.78, 5) is 13.3. The first-order chi connectivity index (χ1) is 11.7. The third-order valence-electron chi connectivity index (χ3n) is 3.61. The number of hydrogen-bond acceptors (Lipinski definition) is 6. The molecular formula is C17H18N6S. The Labute approximate surface area is 144 Å². The largest absolute Gasteiger partial charge is 0.382 e. The third kappa shape index (κ3) is 3.49. The van der Waals surface area contributed by atoms with Crippen molar-refractivity contribution >= 4 is 28.7 Å². The SMILES string of the molecule is CCCCSc1nc(N)c2ncn(Cc3cccc(C#N)c3)c2n1. The minimum Gasteiger partial charge on any atom is -0.382 e. The fourth-order valence-electron chi connectivity index (χ4n) is 2.37. The van der Waals surface area contributed by atoms with Gasteiger partial charge in [0.2, 0.25) is 0 Å². The summed E-state index contributed by atoms with van der Waals surface area (Å²) in [5, 5.41) is 9.71. The molecule has 0 aliphatic heterocycles. The van der Waals surface area contributed by atoms with Crippen molar-refractivity contribution < 1.29 is 0 Å². The second-order valence-corrected chi connectivity index (χ2v) is 6.51. The van der Waals surface area contributed by atoms with Crippen LogP contribution in [0.25, 0.3) is 11.2 Å². The predicted molar refractivity (Wildman–Crippen MR) is 95.6 cm³/mol. The number of nitriles is 1. The Morgan fingerprint density at radius 1 is 1.33 bits per heavy atom. The van der Waals surface area contributed by atoms with Crippen molar-refractivity contribution in [1.29, 1.82) is 5.26 Å². The molecule has 1 aromatic carbocycles. The van der Waals surface area contributed by atoms with E-state index in [2.05, 4.69) is 27.9 Å². The molecule has 2 heterocycles. The van der Waals surface area contributed by atoms with Crippen LogP contribution in [0.3, 0.4) is 0 Å². The van der Waals surface area contributed by atoms with Gasteiger partial charge in [0.15, 0.2) is 16.6 Å². The Balaban J connectivity index is 1.91. The number of thioether (sulfide) groups is 1. The third-order valence-corrected chi connectivity index (χ3v) is 4.54. The first-order valence-corrected chi connectivity index (χ1v) is 8.80. The quantitative estimate of drug-likeness (QED) is 0.421. The molecule has 7 heteroatoms. The number of imidazole rings is 1. The molecule has 3 aromatic rings. The summed E-state index contributed by atoms with van der Waals surface area (Å²) in [7, 11) is 0. The van der Waals surface area contributed by atoms with Crippen LogP contribution in [-0.2, 0) is 6.54 Å². The van der Waals surface area contributed by atoms with Crippen LogP contribution in [-0.4, -0.2) is 25.3 Å². The molecule has 0 fully saturated rings. The lowest BCUT2D eigenvalue weighted by Crippen LogP contribution is -2.03. The summed E-state index contributed by atoms with van der Waals surface area (Å²) in [6.45, 7) is 2.74. The second kappa shape index (κ2) is 7.32. The molecule has 24 heavy (non-hydrogen) atoms. The highest BCUT2D eigenvalue weighted by Crippen LogP contribution is 2.23. The van der Waals surface area contributed by atoms with Crippen LogP contribution in [0.15, 0.2) is 35.7 Å². The first kappa shape index (κ1) is 16.3. The molecule has 0 aliphatic rings. The van der Waals surface area contributed by atoms with Crippen LogP contribution in [0.4, 0.5) is 5.82 Å². The standard InChI is InChI=1S/C17H18N6S/c1-2-3-7-24-17-21-15(19)14-16(22-17)23(11-20-14)10-13-6-4-5-12(8-13)9-18/h4-6,8,11H,2-3,7,10H2,1H3,(H2,19,21,22). The molecule has 0 saturated heterocycles. The van der Waals surface area contributed by atoms with E-state index in [-0.39, 0.29) is 0 Å². The number of aromatic nitrogens is 4. The molecule has 0 atom stereocenters. The van der Waals surface area contributed by atoms with E-state index in [0.717, 1.165) is 29.8 Å². The lowest BCUT2D eigenvalue weighted by Gasteiger charge is -2.06. The number of anilines is 1. The van der Waals surface area contributed by atoms with Gasteiger partial charge in [0.25, 0.3) is 0 Å². The highest BCUT2D eigenvalue weighted by molar-refractivity contribution is 7.99. The Kier molecular flexibility index (Phi) is 4.96. The molecule has 0 radical (unpaired) electrons. The molecule has 0 aliphatic carbocycles. The number of nitrogen functional groups attached to an aromatic ring is 1. The van der Waals surface area contributed by atoms with Crippen molar-refractivity contribution in [2.45, 2.75) is 31.5 Å². The fourth-order valence-corrected chi connectivity index (χ4v) is 3.30. The zero-order valence-electron chi connectivity index (χ0n) is 13.4. The van der Waals surface area contributed by atoms with Gasteiger partial charge in [-0.2, -0.15) is 5.26 Å². The summed E-state index contributed by atoms with van der Waals surface area (Å²) in [5.74, 6) is 1.38. The van der Waals surface area contributed by atoms with Crippen LogP contribution in [0.1, 0.15) is 30.9 Å². The van der Waals surface area contributed by atoms with E-state index in [4.69, 9.17) is 11.0 Å². The van der Waals surface area contributed by atoms with Crippen molar-refractivity contribution in [2.75, 3.05) is 11.5 Å². The van der Waals surface area contributed by atoms with Gasteiger partial charge in [-0.15, -0.1) is 0 Å². The maximum atomic E-state index is 9.03. The van der Waals surface area contributed by atoms with Crippen molar-refractivity contribution in [3.05, 3.63) is 41.7 Å². The van der Waals surface area contributed by atoms with E-state index in [9.17, 15) is 0 Å². The molecule has 0 spiro atoms. The molecular weight excluding hydrogens is 320 g/mol. The van der Waals surface area contributed by atoms with E-state index in [0.29, 0.717) is 28.6 Å². The van der Waals surface area contributed by atoms with E-state index in [1.54, 1.807) is 24.2 Å². The molecule has 2 N–H and O–H groups in total. The highest BCUT2D eigenvalue weighted by Gasteiger charge is 2.12.